The first-order valence-electron chi connectivity index (χ1n) is 9.27. The SMILES string of the molecule is NC(=O)c1ccc(OCCCN2C(=O)C3(CCNC3)c3ccccc32)cc1. The summed E-state index contributed by atoms with van der Waals surface area (Å²) in [5.41, 5.74) is 7.46. The molecule has 0 saturated carbocycles. The van der Waals surface area contributed by atoms with Gasteiger partial charge in [0.15, 0.2) is 0 Å². The van der Waals surface area contributed by atoms with E-state index in [1.54, 1.807) is 24.3 Å². The van der Waals surface area contributed by atoms with Crippen molar-refractivity contribution in [3.63, 3.8) is 0 Å². The van der Waals surface area contributed by atoms with Crippen molar-refractivity contribution in [3.8, 4) is 5.75 Å². The van der Waals surface area contributed by atoms with Crippen LogP contribution < -0.4 is 20.7 Å². The minimum absolute atomic E-state index is 0.194. The Morgan fingerprint density at radius 1 is 1.19 bits per heavy atom. The number of amides is 2. The molecule has 2 heterocycles. The molecule has 1 fully saturated rings. The Hall–Kier alpha value is -2.86. The van der Waals surface area contributed by atoms with Crippen molar-refractivity contribution >= 4 is 17.5 Å². The van der Waals surface area contributed by atoms with E-state index >= 15 is 0 Å². The zero-order valence-electron chi connectivity index (χ0n) is 15.1. The van der Waals surface area contributed by atoms with Crippen LogP contribution in [-0.4, -0.2) is 38.1 Å². The third kappa shape index (κ3) is 3.06. The predicted molar refractivity (Wildman–Crippen MR) is 103 cm³/mol. The molecule has 2 aromatic carbocycles. The van der Waals surface area contributed by atoms with Gasteiger partial charge in [0.2, 0.25) is 11.8 Å². The van der Waals surface area contributed by atoms with E-state index in [9.17, 15) is 9.59 Å². The number of nitrogens with one attached hydrogen (secondary N) is 1. The number of benzene rings is 2. The van der Waals surface area contributed by atoms with E-state index < -0.39 is 11.3 Å². The van der Waals surface area contributed by atoms with Crippen molar-refractivity contribution in [2.45, 2.75) is 18.3 Å². The van der Waals surface area contributed by atoms with E-state index in [0.29, 0.717) is 31.0 Å². The van der Waals surface area contributed by atoms with Gasteiger partial charge in [0.25, 0.3) is 0 Å². The highest BCUT2D eigenvalue weighted by Crippen LogP contribution is 2.45. The summed E-state index contributed by atoms with van der Waals surface area (Å²) in [6.07, 6.45) is 1.57. The van der Waals surface area contributed by atoms with Crippen molar-refractivity contribution in [1.29, 1.82) is 0 Å². The number of ether oxygens (including phenoxy) is 1. The Kier molecular flexibility index (Phi) is 4.58. The van der Waals surface area contributed by atoms with Gasteiger partial charge >= 0.3 is 0 Å². The molecule has 1 saturated heterocycles. The highest BCUT2D eigenvalue weighted by atomic mass is 16.5. The van der Waals surface area contributed by atoms with Crippen LogP contribution in [0.4, 0.5) is 5.69 Å². The number of hydrogen-bond donors (Lipinski definition) is 2. The number of nitrogens with zero attached hydrogens (tertiary/aromatic N) is 1. The maximum Gasteiger partial charge on any atom is 0.248 e. The van der Waals surface area contributed by atoms with E-state index in [0.717, 1.165) is 30.6 Å². The summed E-state index contributed by atoms with van der Waals surface area (Å²) >= 11 is 0. The molecule has 6 nitrogen and oxygen atoms in total. The smallest absolute Gasteiger partial charge is 0.248 e. The van der Waals surface area contributed by atoms with Gasteiger partial charge in [0, 0.05) is 24.3 Å². The van der Waals surface area contributed by atoms with Gasteiger partial charge in [0.1, 0.15) is 5.75 Å². The average Bonchev–Trinajstić information content (AvgIpc) is 3.26. The standard InChI is InChI=1S/C21H23N3O3/c22-19(25)15-6-8-16(9-7-15)27-13-3-12-24-18-5-2-1-4-17(18)21(20(24)26)10-11-23-14-21/h1-2,4-9,23H,3,10-14H2,(H2,22,25). The minimum atomic E-state index is -0.455. The fraction of sp³-hybridized carbons (Fsp3) is 0.333. The van der Waals surface area contributed by atoms with Crippen LogP contribution in [0, 0.1) is 0 Å². The zero-order valence-corrected chi connectivity index (χ0v) is 15.1. The Morgan fingerprint density at radius 2 is 1.96 bits per heavy atom. The van der Waals surface area contributed by atoms with Crippen LogP contribution in [0.2, 0.25) is 0 Å². The van der Waals surface area contributed by atoms with E-state index in [-0.39, 0.29) is 5.91 Å². The minimum Gasteiger partial charge on any atom is -0.494 e. The number of nitrogens with two attached hydrogens (primary N) is 1. The maximum atomic E-state index is 13.2. The number of carbonyl (C=O) groups is 2. The second-order valence-electron chi connectivity index (χ2n) is 7.07. The molecule has 2 amide bonds. The van der Waals surface area contributed by atoms with Gasteiger partial charge in [0.05, 0.1) is 12.0 Å². The molecule has 0 radical (unpaired) electrons. The molecule has 0 aliphatic carbocycles. The van der Waals surface area contributed by atoms with Crippen molar-refractivity contribution in [2.24, 2.45) is 5.73 Å². The van der Waals surface area contributed by atoms with Crippen LogP contribution in [0.25, 0.3) is 0 Å². The third-order valence-electron chi connectivity index (χ3n) is 5.45. The first-order chi connectivity index (χ1) is 13.1. The molecule has 1 spiro atoms. The first kappa shape index (κ1) is 17.5. The van der Waals surface area contributed by atoms with E-state index in [1.165, 1.54) is 0 Å². The molecular formula is C21H23N3O3. The van der Waals surface area contributed by atoms with Gasteiger partial charge in [-0.15, -0.1) is 0 Å². The van der Waals surface area contributed by atoms with Crippen LogP contribution >= 0.6 is 0 Å². The monoisotopic (exact) mass is 365 g/mol. The normalized spacial score (nSPS) is 20.9. The topological polar surface area (TPSA) is 84.7 Å². The van der Waals surface area contributed by atoms with Crippen molar-refractivity contribution in [2.75, 3.05) is 31.1 Å². The third-order valence-corrected chi connectivity index (χ3v) is 5.45. The van der Waals surface area contributed by atoms with Gasteiger partial charge in [-0.3, -0.25) is 9.59 Å². The molecule has 0 bridgehead atoms. The van der Waals surface area contributed by atoms with E-state index in [4.69, 9.17) is 10.5 Å². The molecule has 4 rings (SSSR count). The van der Waals surface area contributed by atoms with Crippen LogP contribution in [0.1, 0.15) is 28.8 Å². The first-order valence-corrected chi connectivity index (χ1v) is 9.27. The van der Waals surface area contributed by atoms with Gasteiger partial charge in [-0.1, -0.05) is 18.2 Å². The Balaban J connectivity index is 1.38. The number of primary amides is 1. The number of hydrogen-bond acceptors (Lipinski definition) is 4. The lowest BCUT2D eigenvalue weighted by atomic mass is 9.81. The van der Waals surface area contributed by atoms with Crippen LogP contribution in [0.3, 0.4) is 0 Å². The molecule has 27 heavy (non-hydrogen) atoms. The summed E-state index contributed by atoms with van der Waals surface area (Å²) in [7, 11) is 0. The number of anilines is 1. The number of carbonyl (C=O) groups excluding carboxylic acids is 2. The second kappa shape index (κ2) is 7.04. The molecule has 1 atom stereocenters. The molecule has 6 heteroatoms. The maximum absolute atomic E-state index is 13.2. The number of fused-ring (bicyclic) bond motifs is 2. The summed E-state index contributed by atoms with van der Waals surface area (Å²) in [5, 5.41) is 3.34. The predicted octanol–water partition coefficient (Wildman–Crippen LogP) is 1.83. The molecule has 1 unspecified atom stereocenters. The summed E-state index contributed by atoms with van der Waals surface area (Å²) in [6, 6.07) is 14.9. The highest BCUT2D eigenvalue weighted by Gasteiger charge is 2.51. The molecule has 2 aliphatic rings. The lowest BCUT2D eigenvalue weighted by Crippen LogP contribution is -2.42. The summed E-state index contributed by atoms with van der Waals surface area (Å²) in [5.74, 6) is 0.423. The number of rotatable bonds is 6. The van der Waals surface area contributed by atoms with E-state index in [1.807, 2.05) is 23.1 Å². The van der Waals surface area contributed by atoms with Crippen LogP contribution in [0.5, 0.6) is 5.75 Å². The molecule has 140 valence electrons. The van der Waals surface area contributed by atoms with E-state index in [2.05, 4.69) is 11.4 Å². The number of para-hydroxylation sites is 1. The molecule has 2 aliphatic heterocycles. The van der Waals surface area contributed by atoms with Gasteiger partial charge in [-0.25, -0.2) is 0 Å². The van der Waals surface area contributed by atoms with Crippen LogP contribution in [-0.2, 0) is 10.2 Å². The Morgan fingerprint density at radius 3 is 2.67 bits per heavy atom. The fourth-order valence-electron chi connectivity index (χ4n) is 4.05. The van der Waals surface area contributed by atoms with Gasteiger partial charge in [-0.2, -0.15) is 0 Å². The average molecular weight is 365 g/mol. The largest absolute Gasteiger partial charge is 0.494 e. The highest BCUT2D eigenvalue weighted by molar-refractivity contribution is 6.08. The second-order valence-corrected chi connectivity index (χ2v) is 7.07. The summed E-state index contributed by atoms with van der Waals surface area (Å²) in [6.45, 7) is 2.70. The van der Waals surface area contributed by atoms with Crippen LogP contribution in [0.15, 0.2) is 48.5 Å². The lowest BCUT2D eigenvalue weighted by molar-refractivity contribution is -0.122. The molecular weight excluding hydrogens is 342 g/mol. The quantitative estimate of drug-likeness (QED) is 0.765. The Labute approximate surface area is 158 Å². The van der Waals surface area contributed by atoms with Gasteiger partial charge < -0.3 is 20.7 Å². The molecule has 0 aromatic heterocycles. The summed E-state index contributed by atoms with van der Waals surface area (Å²) < 4.78 is 5.74. The lowest BCUT2D eigenvalue weighted by Gasteiger charge is -2.23. The van der Waals surface area contributed by atoms with Crippen molar-refractivity contribution in [3.05, 3.63) is 59.7 Å². The Bertz CT molecular complexity index is 857. The summed E-state index contributed by atoms with van der Waals surface area (Å²) in [4.78, 5) is 26.2. The molecule has 2 aromatic rings. The van der Waals surface area contributed by atoms with Crippen molar-refractivity contribution < 1.29 is 14.3 Å². The van der Waals surface area contributed by atoms with Gasteiger partial charge in [-0.05, 0) is 55.3 Å². The van der Waals surface area contributed by atoms with Crippen molar-refractivity contribution in [1.82, 2.24) is 5.32 Å². The fourth-order valence-corrected chi connectivity index (χ4v) is 4.05. The zero-order chi connectivity index (χ0) is 18.9. The molecule has 3 N–H and O–H groups in total.